The maximum absolute atomic E-state index is 9.12. The molecule has 0 radical (unpaired) electrons. The molecule has 0 aromatic heterocycles. The molecule has 1 aliphatic heterocycles. The van der Waals surface area contributed by atoms with Crippen LogP contribution >= 0.6 is 11.8 Å². The summed E-state index contributed by atoms with van der Waals surface area (Å²) < 4.78 is 0. The maximum Gasteiger partial charge on any atom is 0.115 e. The van der Waals surface area contributed by atoms with Crippen molar-refractivity contribution in [2.24, 2.45) is 0 Å². The van der Waals surface area contributed by atoms with Crippen LogP contribution in [0.4, 0.5) is 0 Å². The topological polar surface area (TPSA) is 20.2 Å². The van der Waals surface area contributed by atoms with E-state index in [1.165, 1.54) is 5.56 Å². The molecule has 66 valence electrons. The molecule has 2 rings (SSSR count). The van der Waals surface area contributed by atoms with Gasteiger partial charge in [-0.3, -0.25) is 0 Å². The molecule has 0 amide bonds. The molecule has 0 aliphatic carbocycles. The molecule has 1 aliphatic rings. The number of hydrogen-bond acceptors (Lipinski definition) is 2. The molecular weight excluding hydrogens is 180 g/mol. The molecule has 0 saturated carbocycles. The van der Waals surface area contributed by atoms with E-state index in [1.807, 2.05) is 24.3 Å². The summed E-state index contributed by atoms with van der Waals surface area (Å²) in [5.74, 6) is 0.323. The number of phenols is 1. The van der Waals surface area contributed by atoms with Crippen LogP contribution in [0.2, 0.25) is 0 Å². The summed E-state index contributed by atoms with van der Waals surface area (Å²) in [6.07, 6.45) is 6.23. The van der Waals surface area contributed by atoms with Gasteiger partial charge in [-0.1, -0.05) is 30.4 Å². The number of thioether (sulfide) groups is 1. The van der Waals surface area contributed by atoms with Crippen molar-refractivity contribution in [2.75, 3.05) is 0 Å². The molecule has 1 atom stereocenters. The summed E-state index contributed by atoms with van der Waals surface area (Å²) >= 11 is 1.77. The zero-order chi connectivity index (χ0) is 9.10. The Hall–Kier alpha value is -1.15. The van der Waals surface area contributed by atoms with E-state index in [-0.39, 0.29) is 0 Å². The number of aromatic hydroxyl groups is 1. The first kappa shape index (κ1) is 8.45. The molecule has 0 saturated heterocycles. The predicted molar refractivity (Wildman–Crippen MR) is 56.7 cm³/mol. The monoisotopic (exact) mass is 190 g/mol. The van der Waals surface area contributed by atoms with E-state index in [9.17, 15) is 0 Å². The Bertz CT molecular complexity index is 338. The van der Waals surface area contributed by atoms with Crippen molar-refractivity contribution in [3.05, 3.63) is 53.5 Å². The average molecular weight is 190 g/mol. The van der Waals surface area contributed by atoms with Crippen molar-refractivity contribution in [1.82, 2.24) is 0 Å². The lowest BCUT2D eigenvalue weighted by Gasteiger charge is -2.12. The molecule has 1 heterocycles. The van der Waals surface area contributed by atoms with E-state index in [0.717, 1.165) is 0 Å². The van der Waals surface area contributed by atoms with Gasteiger partial charge in [0.2, 0.25) is 0 Å². The summed E-state index contributed by atoms with van der Waals surface area (Å²) in [5, 5.41) is 11.6. The van der Waals surface area contributed by atoms with Crippen molar-refractivity contribution in [3.63, 3.8) is 0 Å². The first-order chi connectivity index (χ1) is 6.36. The van der Waals surface area contributed by atoms with Crippen molar-refractivity contribution >= 4 is 11.8 Å². The number of rotatable bonds is 1. The Labute approximate surface area is 81.8 Å². The fraction of sp³-hybridized carbons (Fsp3) is 0.0909. The summed E-state index contributed by atoms with van der Waals surface area (Å²) in [7, 11) is 0. The summed E-state index contributed by atoms with van der Waals surface area (Å²) in [4.78, 5) is 0. The lowest BCUT2D eigenvalue weighted by molar-refractivity contribution is 0.475. The van der Waals surface area contributed by atoms with E-state index in [0.29, 0.717) is 11.0 Å². The number of phenolic OH excluding ortho intramolecular Hbond substituents is 1. The van der Waals surface area contributed by atoms with Crippen LogP contribution in [0.25, 0.3) is 0 Å². The second-order valence-electron chi connectivity index (χ2n) is 2.86. The third-order valence-corrected chi connectivity index (χ3v) is 2.96. The van der Waals surface area contributed by atoms with Crippen LogP contribution in [-0.2, 0) is 0 Å². The van der Waals surface area contributed by atoms with Crippen LogP contribution in [0.1, 0.15) is 10.8 Å². The van der Waals surface area contributed by atoms with Gasteiger partial charge in [-0.15, -0.1) is 11.8 Å². The van der Waals surface area contributed by atoms with Gasteiger partial charge in [0, 0.05) is 0 Å². The third kappa shape index (κ3) is 1.95. The molecule has 1 nitrogen and oxygen atoms in total. The van der Waals surface area contributed by atoms with E-state index in [1.54, 1.807) is 23.9 Å². The SMILES string of the molecule is Oc1ccc(C2C=CC=CS2)cc1. The lowest BCUT2D eigenvalue weighted by Crippen LogP contribution is -1.89. The Morgan fingerprint density at radius 2 is 1.85 bits per heavy atom. The Balaban J connectivity index is 2.21. The van der Waals surface area contributed by atoms with Crippen LogP contribution in [0.5, 0.6) is 5.75 Å². The molecule has 0 spiro atoms. The number of hydrogen-bond donors (Lipinski definition) is 1. The van der Waals surface area contributed by atoms with Gasteiger partial charge in [0.25, 0.3) is 0 Å². The van der Waals surface area contributed by atoms with E-state index < -0.39 is 0 Å². The molecule has 0 bridgehead atoms. The minimum absolute atomic E-state index is 0.323. The van der Waals surface area contributed by atoms with Gasteiger partial charge in [0.1, 0.15) is 5.75 Å². The van der Waals surface area contributed by atoms with Gasteiger partial charge in [0.15, 0.2) is 0 Å². The highest BCUT2D eigenvalue weighted by Crippen LogP contribution is 2.33. The lowest BCUT2D eigenvalue weighted by atomic mass is 10.1. The van der Waals surface area contributed by atoms with Crippen molar-refractivity contribution in [1.29, 1.82) is 0 Å². The van der Waals surface area contributed by atoms with Crippen molar-refractivity contribution in [2.45, 2.75) is 5.25 Å². The minimum Gasteiger partial charge on any atom is -0.508 e. The summed E-state index contributed by atoms with van der Waals surface area (Å²) in [6.45, 7) is 0. The van der Waals surface area contributed by atoms with Crippen LogP contribution < -0.4 is 0 Å². The zero-order valence-electron chi connectivity index (χ0n) is 7.05. The zero-order valence-corrected chi connectivity index (χ0v) is 7.87. The standard InChI is InChI=1S/C11H10OS/c12-10-6-4-9(5-7-10)11-3-1-2-8-13-11/h1-8,11-12H. The smallest absolute Gasteiger partial charge is 0.115 e. The number of benzene rings is 1. The fourth-order valence-electron chi connectivity index (χ4n) is 1.24. The molecule has 1 N–H and O–H groups in total. The third-order valence-electron chi connectivity index (χ3n) is 1.92. The largest absolute Gasteiger partial charge is 0.508 e. The van der Waals surface area contributed by atoms with E-state index in [4.69, 9.17) is 5.11 Å². The van der Waals surface area contributed by atoms with Gasteiger partial charge in [-0.2, -0.15) is 0 Å². The van der Waals surface area contributed by atoms with Crippen molar-refractivity contribution < 1.29 is 5.11 Å². The Morgan fingerprint density at radius 1 is 1.08 bits per heavy atom. The highest BCUT2D eigenvalue weighted by atomic mass is 32.2. The first-order valence-electron chi connectivity index (χ1n) is 4.14. The Morgan fingerprint density at radius 3 is 2.46 bits per heavy atom. The average Bonchev–Trinajstić information content (AvgIpc) is 2.20. The van der Waals surface area contributed by atoms with Gasteiger partial charge in [0.05, 0.1) is 5.25 Å². The minimum atomic E-state index is 0.323. The highest BCUT2D eigenvalue weighted by Gasteiger charge is 2.07. The molecule has 1 aromatic carbocycles. The normalized spacial score (nSPS) is 20.5. The quantitative estimate of drug-likeness (QED) is 0.733. The van der Waals surface area contributed by atoms with Crippen LogP contribution in [0, 0.1) is 0 Å². The summed E-state index contributed by atoms with van der Waals surface area (Å²) in [6, 6.07) is 7.36. The molecule has 0 fully saturated rings. The van der Waals surface area contributed by atoms with Gasteiger partial charge >= 0.3 is 0 Å². The van der Waals surface area contributed by atoms with Gasteiger partial charge < -0.3 is 5.11 Å². The second-order valence-corrected chi connectivity index (χ2v) is 3.91. The second kappa shape index (κ2) is 3.71. The van der Waals surface area contributed by atoms with Crippen LogP contribution in [-0.4, -0.2) is 5.11 Å². The van der Waals surface area contributed by atoms with E-state index in [2.05, 4.69) is 11.5 Å². The van der Waals surface area contributed by atoms with Gasteiger partial charge in [-0.25, -0.2) is 0 Å². The van der Waals surface area contributed by atoms with Crippen LogP contribution in [0.3, 0.4) is 0 Å². The molecule has 2 heteroatoms. The molecule has 1 aromatic rings. The van der Waals surface area contributed by atoms with Crippen molar-refractivity contribution in [3.8, 4) is 5.75 Å². The highest BCUT2D eigenvalue weighted by molar-refractivity contribution is 8.02. The maximum atomic E-state index is 9.12. The predicted octanol–water partition coefficient (Wildman–Crippen LogP) is 3.25. The molecular formula is C11H10OS. The molecule has 1 unspecified atom stereocenters. The molecule has 13 heavy (non-hydrogen) atoms. The van der Waals surface area contributed by atoms with Gasteiger partial charge in [-0.05, 0) is 23.1 Å². The first-order valence-corrected chi connectivity index (χ1v) is 5.08. The Kier molecular flexibility index (Phi) is 2.41. The number of allylic oxidation sites excluding steroid dienone is 2. The summed E-state index contributed by atoms with van der Waals surface area (Å²) in [5.41, 5.74) is 1.23. The van der Waals surface area contributed by atoms with E-state index >= 15 is 0 Å². The fourth-order valence-corrected chi connectivity index (χ4v) is 2.09. The van der Waals surface area contributed by atoms with Crippen LogP contribution in [0.15, 0.2) is 47.9 Å².